The van der Waals surface area contributed by atoms with Gasteiger partial charge in [0.1, 0.15) is 17.8 Å². The van der Waals surface area contributed by atoms with E-state index in [1.54, 1.807) is 0 Å². The number of phenolic OH excluding ortho intramolecular Hbond substituents is 1. The van der Waals surface area contributed by atoms with Crippen LogP contribution in [0.1, 0.15) is 5.82 Å². The lowest BCUT2D eigenvalue weighted by molar-refractivity contribution is -0.148. The first-order valence-corrected chi connectivity index (χ1v) is 4.78. The predicted octanol–water partition coefficient (Wildman–Crippen LogP) is 1.85. The molecule has 0 aliphatic heterocycles. The summed E-state index contributed by atoms with van der Waals surface area (Å²) < 4.78 is 38.6. The molecule has 0 radical (unpaired) electrons. The Morgan fingerprint density at radius 3 is 2.61 bits per heavy atom. The molecular formula is C10H7F3N2O3. The molecule has 0 fully saturated rings. The maximum Gasteiger partial charge on any atom is 0.449 e. The number of carboxylic acids is 1. The van der Waals surface area contributed by atoms with E-state index in [0.717, 1.165) is 0 Å². The SMILES string of the molecule is O=C(O)Cn1c(C(F)(F)F)nc2cccc(O)c21. The highest BCUT2D eigenvalue weighted by molar-refractivity contribution is 5.84. The van der Waals surface area contributed by atoms with Gasteiger partial charge in [0, 0.05) is 0 Å². The number of aliphatic carboxylic acids is 1. The molecule has 0 aliphatic rings. The van der Waals surface area contributed by atoms with Gasteiger partial charge in [0.05, 0.1) is 5.52 Å². The van der Waals surface area contributed by atoms with Crippen molar-refractivity contribution in [1.82, 2.24) is 9.55 Å². The van der Waals surface area contributed by atoms with Crippen LogP contribution in [-0.4, -0.2) is 25.7 Å². The Kier molecular flexibility index (Phi) is 2.64. The van der Waals surface area contributed by atoms with Crippen LogP contribution in [-0.2, 0) is 17.5 Å². The van der Waals surface area contributed by atoms with Gasteiger partial charge in [0.25, 0.3) is 0 Å². The Morgan fingerprint density at radius 1 is 1.39 bits per heavy atom. The number of hydrogen-bond donors (Lipinski definition) is 2. The van der Waals surface area contributed by atoms with Gasteiger partial charge in [-0.25, -0.2) is 4.98 Å². The summed E-state index contributed by atoms with van der Waals surface area (Å²) in [5.41, 5.74) is -0.351. The third-order valence-electron chi connectivity index (χ3n) is 2.29. The minimum atomic E-state index is -4.79. The fourth-order valence-electron chi connectivity index (χ4n) is 1.67. The Bertz CT molecular complexity index is 619. The van der Waals surface area contributed by atoms with Crippen LogP contribution in [0.3, 0.4) is 0 Å². The largest absolute Gasteiger partial charge is 0.506 e. The second-order valence-corrected chi connectivity index (χ2v) is 3.56. The number of halogens is 3. The predicted molar refractivity (Wildman–Crippen MR) is 54.0 cm³/mol. The lowest BCUT2D eigenvalue weighted by atomic mass is 10.3. The van der Waals surface area contributed by atoms with Gasteiger partial charge in [0.2, 0.25) is 5.82 Å². The van der Waals surface area contributed by atoms with Crippen LogP contribution in [0.15, 0.2) is 18.2 Å². The number of carboxylic acid groups (broad SMARTS) is 1. The number of alkyl halides is 3. The maximum absolute atomic E-state index is 12.7. The zero-order valence-electron chi connectivity index (χ0n) is 8.77. The van der Waals surface area contributed by atoms with E-state index < -0.39 is 30.3 Å². The highest BCUT2D eigenvalue weighted by atomic mass is 19.4. The van der Waals surface area contributed by atoms with E-state index >= 15 is 0 Å². The number of benzene rings is 1. The standard InChI is InChI=1S/C10H7F3N2O3/c11-10(12,13)9-14-5-2-1-3-6(16)8(5)15(9)4-7(17)18/h1-3,16H,4H2,(H,17,18). The Balaban J connectivity index is 2.78. The van der Waals surface area contributed by atoms with Crippen molar-refractivity contribution in [2.75, 3.05) is 0 Å². The van der Waals surface area contributed by atoms with Crippen molar-refractivity contribution >= 4 is 17.0 Å². The molecule has 0 unspecified atom stereocenters. The highest BCUT2D eigenvalue weighted by Crippen LogP contribution is 2.34. The van der Waals surface area contributed by atoms with Gasteiger partial charge in [-0.2, -0.15) is 13.2 Å². The van der Waals surface area contributed by atoms with Crippen LogP contribution in [0, 0.1) is 0 Å². The topological polar surface area (TPSA) is 75.3 Å². The van der Waals surface area contributed by atoms with Crippen molar-refractivity contribution in [3.63, 3.8) is 0 Å². The Hall–Kier alpha value is -2.25. The third-order valence-corrected chi connectivity index (χ3v) is 2.29. The summed E-state index contributed by atoms with van der Waals surface area (Å²) in [6, 6.07) is 3.76. The first-order valence-electron chi connectivity index (χ1n) is 4.78. The van der Waals surface area contributed by atoms with Crippen molar-refractivity contribution in [2.45, 2.75) is 12.7 Å². The first kappa shape index (κ1) is 12.2. The van der Waals surface area contributed by atoms with Crippen molar-refractivity contribution < 1.29 is 28.2 Å². The number of aromatic nitrogens is 2. The van der Waals surface area contributed by atoms with Crippen molar-refractivity contribution in [3.8, 4) is 5.75 Å². The number of rotatable bonds is 2. The molecule has 18 heavy (non-hydrogen) atoms. The summed E-state index contributed by atoms with van der Waals surface area (Å²) in [4.78, 5) is 13.9. The minimum Gasteiger partial charge on any atom is -0.506 e. The van der Waals surface area contributed by atoms with E-state index in [0.29, 0.717) is 4.57 Å². The number of para-hydroxylation sites is 1. The van der Waals surface area contributed by atoms with Gasteiger partial charge in [0.15, 0.2) is 0 Å². The van der Waals surface area contributed by atoms with Crippen LogP contribution >= 0.6 is 0 Å². The van der Waals surface area contributed by atoms with Gasteiger partial charge < -0.3 is 14.8 Å². The van der Waals surface area contributed by atoms with E-state index in [1.807, 2.05) is 0 Å². The molecule has 0 spiro atoms. The smallest absolute Gasteiger partial charge is 0.449 e. The molecule has 0 bridgehead atoms. The normalized spacial score (nSPS) is 11.9. The molecule has 8 heteroatoms. The number of carbonyl (C=O) groups is 1. The molecule has 2 aromatic rings. The number of fused-ring (bicyclic) bond motifs is 1. The van der Waals surface area contributed by atoms with E-state index in [9.17, 15) is 23.1 Å². The Morgan fingerprint density at radius 2 is 2.06 bits per heavy atom. The lowest BCUT2D eigenvalue weighted by Gasteiger charge is -2.09. The van der Waals surface area contributed by atoms with Gasteiger partial charge in [-0.3, -0.25) is 4.79 Å². The monoisotopic (exact) mass is 260 g/mol. The summed E-state index contributed by atoms with van der Waals surface area (Å²) in [7, 11) is 0. The highest BCUT2D eigenvalue weighted by Gasteiger charge is 2.38. The molecule has 1 aromatic heterocycles. The van der Waals surface area contributed by atoms with Gasteiger partial charge in [-0.15, -0.1) is 0 Å². The molecule has 2 N–H and O–H groups in total. The fraction of sp³-hybridized carbons (Fsp3) is 0.200. The molecule has 1 aromatic carbocycles. The molecule has 5 nitrogen and oxygen atoms in total. The number of imidazole rings is 1. The number of aromatic hydroxyl groups is 1. The number of phenols is 1. The second-order valence-electron chi connectivity index (χ2n) is 3.56. The van der Waals surface area contributed by atoms with Crippen LogP contribution < -0.4 is 0 Å². The summed E-state index contributed by atoms with van der Waals surface area (Å²) in [6.45, 7) is -0.928. The van der Waals surface area contributed by atoms with E-state index in [-0.39, 0.29) is 11.0 Å². The van der Waals surface area contributed by atoms with E-state index in [1.165, 1.54) is 18.2 Å². The average Bonchev–Trinajstić information content (AvgIpc) is 2.57. The fourth-order valence-corrected chi connectivity index (χ4v) is 1.67. The van der Waals surface area contributed by atoms with Crippen molar-refractivity contribution in [1.29, 1.82) is 0 Å². The third kappa shape index (κ3) is 1.96. The van der Waals surface area contributed by atoms with Crippen LogP contribution in [0.5, 0.6) is 5.75 Å². The minimum absolute atomic E-state index is 0.108. The zero-order valence-corrected chi connectivity index (χ0v) is 8.77. The van der Waals surface area contributed by atoms with E-state index in [2.05, 4.69) is 4.98 Å². The number of hydrogen-bond acceptors (Lipinski definition) is 3. The zero-order chi connectivity index (χ0) is 13.5. The molecule has 1 heterocycles. The molecule has 0 amide bonds. The first-order chi connectivity index (χ1) is 8.30. The number of nitrogens with zero attached hydrogens (tertiary/aromatic N) is 2. The molecule has 0 atom stereocenters. The summed E-state index contributed by atoms with van der Waals surface area (Å²) in [6.07, 6.45) is -4.79. The van der Waals surface area contributed by atoms with Gasteiger partial charge >= 0.3 is 12.1 Å². The molecule has 0 saturated heterocycles. The van der Waals surface area contributed by atoms with Crippen LogP contribution in [0.4, 0.5) is 13.2 Å². The average molecular weight is 260 g/mol. The maximum atomic E-state index is 12.7. The summed E-state index contributed by atoms with van der Waals surface area (Å²) in [5, 5.41) is 18.2. The van der Waals surface area contributed by atoms with Gasteiger partial charge in [-0.1, -0.05) is 6.07 Å². The summed E-state index contributed by atoms with van der Waals surface area (Å²) in [5.74, 6) is -3.25. The van der Waals surface area contributed by atoms with Gasteiger partial charge in [-0.05, 0) is 12.1 Å². The van der Waals surface area contributed by atoms with E-state index in [4.69, 9.17) is 5.11 Å². The van der Waals surface area contributed by atoms with Crippen LogP contribution in [0.2, 0.25) is 0 Å². The molecule has 96 valence electrons. The van der Waals surface area contributed by atoms with Crippen molar-refractivity contribution in [2.24, 2.45) is 0 Å². The molecule has 0 aliphatic carbocycles. The quantitative estimate of drug-likeness (QED) is 0.863. The second kappa shape index (κ2) is 3.90. The lowest BCUT2D eigenvalue weighted by Crippen LogP contribution is -2.18. The molecular weight excluding hydrogens is 253 g/mol. The van der Waals surface area contributed by atoms with Crippen molar-refractivity contribution in [3.05, 3.63) is 24.0 Å². The molecule has 0 saturated carbocycles. The van der Waals surface area contributed by atoms with Crippen LogP contribution in [0.25, 0.3) is 11.0 Å². The summed E-state index contributed by atoms with van der Waals surface area (Å²) >= 11 is 0. The molecule has 2 rings (SSSR count). The Labute approximate surface area is 98.1 Å².